The van der Waals surface area contributed by atoms with E-state index in [-0.39, 0.29) is 12.0 Å². The van der Waals surface area contributed by atoms with Gasteiger partial charge in [0.2, 0.25) is 0 Å². The van der Waals surface area contributed by atoms with Crippen molar-refractivity contribution in [2.45, 2.75) is 30.7 Å². The van der Waals surface area contributed by atoms with E-state index < -0.39 is 17.7 Å². The zero-order chi connectivity index (χ0) is 27.1. The van der Waals surface area contributed by atoms with E-state index in [9.17, 15) is 18.0 Å². The van der Waals surface area contributed by atoms with Crippen LogP contribution in [-0.2, 0) is 19.0 Å². The highest BCUT2D eigenvalue weighted by atomic mass is 19.4. The van der Waals surface area contributed by atoms with Crippen LogP contribution in [0.25, 0.3) is 0 Å². The lowest BCUT2D eigenvalue weighted by molar-refractivity contribution is -0.192. The second-order valence-corrected chi connectivity index (χ2v) is 9.00. The number of alkyl halides is 3. The zero-order valence-electron chi connectivity index (χ0n) is 20.9. The van der Waals surface area contributed by atoms with Crippen molar-refractivity contribution in [2.24, 2.45) is 0 Å². The van der Waals surface area contributed by atoms with Crippen molar-refractivity contribution in [1.82, 2.24) is 9.80 Å². The number of carbonyl (C=O) groups is 2. The van der Waals surface area contributed by atoms with Gasteiger partial charge in [0, 0.05) is 26.2 Å². The lowest BCUT2D eigenvalue weighted by Crippen LogP contribution is -2.48. The molecule has 1 N–H and O–H groups in total. The lowest BCUT2D eigenvalue weighted by atomic mass is 9.99. The second kappa shape index (κ2) is 12.8. The Morgan fingerprint density at radius 1 is 1.11 bits per heavy atom. The Hall–Kier alpha value is -2.61. The molecule has 1 aromatic rings. The largest absolute Gasteiger partial charge is 0.493 e. The highest BCUT2D eigenvalue weighted by Crippen LogP contribution is 2.36. The molecule has 1 spiro atoms. The number of ether oxygens (including phenoxy) is 5. The molecule has 1 aromatic carbocycles. The molecule has 3 fully saturated rings. The van der Waals surface area contributed by atoms with Crippen LogP contribution >= 0.6 is 0 Å². The number of benzene rings is 1. The van der Waals surface area contributed by atoms with Crippen LogP contribution < -0.4 is 9.47 Å². The Morgan fingerprint density at radius 3 is 2.41 bits per heavy atom. The smallest absolute Gasteiger partial charge is 0.490 e. The molecular formula is C24H33F3N2O8. The molecule has 208 valence electrons. The molecule has 0 saturated carbocycles. The van der Waals surface area contributed by atoms with Gasteiger partial charge in [0.15, 0.2) is 11.5 Å². The van der Waals surface area contributed by atoms with Crippen LogP contribution in [0, 0.1) is 0 Å². The summed E-state index contributed by atoms with van der Waals surface area (Å²) < 4.78 is 60.4. The lowest BCUT2D eigenvalue weighted by Gasteiger charge is -2.33. The van der Waals surface area contributed by atoms with E-state index in [0.29, 0.717) is 43.4 Å². The molecule has 0 aromatic heterocycles. The van der Waals surface area contributed by atoms with Gasteiger partial charge in [-0.15, -0.1) is 0 Å². The molecule has 2 atom stereocenters. The van der Waals surface area contributed by atoms with Gasteiger partial charge in [-0.2, -0.15) is 13.2 Å². The minimum Gasteiger partial charge on any atom is -0.493 e. The normalized spacial score (nSPS) is 24.7. The third-order valence-corrected chi connectivity index (χ3v) is 6.42. The highest BCUT2D eigenvalue weighted by molar-refractivity contribution is 5.98. The number of nitrogens with zero attached hydrogens (tertiary/aromatic N) is 2. The average Bonchev–Trinajstić information content (AvgIpc) is 3.14. The van der Waals surface area contributed by atoms with E-state index in [0.717, 1.165) is 45.7 Å². The molecular weight excluding hydrogens is 501 g/mol. The number of para-hydroxylation sites is 1. The zero-order valence-corrected chi connectivity index (χ0v) is 20.9. The van der Waals surface area contributed by atoms with Crippen molar-refractivity contribution in [1.29, 1.82) is 0 Å². The van der Waals surface area contributed by atoms with Crippen molar-refractivity contribution in [2.75, 3.05) is 73.4 Å². The summed E-state index contributed by atoms with van der Waals surface area (Å²) in [6.07, 6.45) is -3.06. The van der Waals surface area contributed by atoms with Crippen molar-refractivity contribution in [3.8, 4) is 11.5 Å². The number of carboxylic acid groups (broad SMARTS) is 1. The minimum atomic E-state index is -5.08. The van der Waals surface area contributed by atoms with Crippen LogP contribution in [0.4, 0.5) is 13.2 Å². The summed E-state index contributed by atoms with van der Waals surface area (Å²) in [7, 11) is 3.12. The molecule has 0 unspecified atom stereocenters. The number of morpholine rings is 1. The predicted molar refractivity (Wildman–Crippen MR) is 124 cm³/mol. The summed E-state index contributed by atoms with van der Waals surface area (Å²) >= 11 is 0. The summed E-state index contributed by atoms with van der Waals surface area (Å²) in [5.74, 6) is -1.84. The number of hydrogen-bond acceptors (Lipinski definition) is 8. The molecule has 1 amide bonds. The van der Waals surface area contributed by atoms with Gasteiger partial charge < -0.3 is 33.7 Å². The molecule has 4 rings (SSSR count). The maximum atomic E-state index is 13.4. The Labute approximate surface area is 213 Å². The summed E-state index contributed by atoms with van der Waals surface area (Å²) in [5.41, 5.74) is 0.0478. The van der Waals surface area contributed by atoms with E-state index in [1.165, 1.54) is 0 Å². The molecule has 37 heavy (non-hydrogen) atoms. The van der Waals surface area contributed by atoms with Crippen molar-refractivity contribution < 1.29 is 51.6 Å². The van der Waals surface area contributed by atoms with Crippen LogP contribution in [0.3, 0.4) is 0 Å². The van der Waals surface area contributed by atoms with E-state index >= 15 is 0 Å². The first-order chi connectivity index (χ1) is 17.6. The first-order valence-electron chi connectivity index (χ1n) is 11.9. The Kier molecular flexibility index (Phi) is 9.99. The van der Waals surface area contributed by atoms with Gasteiger partial charge >= 0.3 is 12.1 Å². The standard InChI is InChI=1S/C22H32N2O6.C2HF3O2/c1-26-19-5-3-4-18(20(19)27-2)21(25)24-10-13-29-16-22(15-24)7-6-17(30-22)14-23-8-11-28-12-9-23;3-2(4,5)1(6)7/h3-5,17H,6-16H2,1-2H3;(H,6,7)/t17-,22-;/m0./s1. The van der Waals surface area contributed by atoms with Gasteiger partial charge in [-0.05, 0) is 25.0 Å². The molecule has 13 heteroatoms. The number of hydrogen-bond donors (Lipinski definition) is 1. The molecule has 0 bridgehead atoms. The van der Waals surface area contributed by atoms with Crippen LogP contribution in [0.15, 0.2) is 18.2 Å². The maximum absolute atomic E-state index is 13.4. The molecule has 3 saturated heterocycles. The molecule has 0 radical (unpaired) electrons. The maximum Gasteiger partial charge on any atom is 0.490 e. The van der Waals surface area contributed by atoms with Crippen LogP contribution in [-0.4, -0.2) is 118 Å². The second-order valence-electron chi connectivity index (χ2n) is 9.00. The number of aliphatic carboxylic acids is 1. The van der Waals surface area contributed by atoms with Gasteiger partial charge in [0.05, 0.1) is 58.9 Å². The number of rotatable bonds is 5. The monoisotopic (exact) mass is 534 g/mol. The van der Waals surface area contributed by atoms with Gasteiger partial charge in [0.1, 0.15) is 5.60 Å². The predicted octanol–water partition coefficient (Wildman–Crippen LogP) is 2.06. The van der Waals surface area contributed by atoms with Gasteiger partial charge in [-0.25, -0.2) is 4.79 Å². The summed E-state index contributed by atoms with van der Waals surface area (Å²) in [4.78, 5) is 26.5. The average molecular weight is 535 g/mol. The fraction of sp³-hybridized carbons (Fsp3) is 0.667. The molecule has 3 aliphatic rings. The van der Waals surface area contributed by atoms with Crippen molar-refractivity contribution in [3.05, 3.63) is 23.8 Å². The number of amides is 1. The molecule has 3 aliphatic heterocycles. The fourth-order valence-corrected chi connectivity index (χ4v) is 4.62. The van der Waals surface area contributed by atoms with E-state index in [4.69, 9.17) is 33.6 Å². The topological polar surface area (TPSA) is 107 Å². The van der Waals surface area contributed by atoms with Crippen LogP contribution in [0.1, 0.15) is 23.2 Å². The van der Waals surface area contributed by atoms with E-state index in [1.54, 1.807) is 26.4 Å². The Bertz CT molecular complexity index is 926. The van der Waals surface area contributed by atoms with Crippen LogP contribution in [0.2, 0.25) is 0 Å². The number of methoxy groups -OCH3 is 2. The summed E-state index contributed by atoms with van der Waals surface area (Å²) in [6.45, 7) is 6.43. The first kappa shape index (κ1) is 29.0. The Morgan fingerprint density at radius 2 is 1.78 bits per heavy atom. The van der Waals surface area contributed by atoms with Gasteiger partial charge in [0.25, 0.3) is 5.91 Å². The van der Waals surface area contributed by atoms with Gasteiger partial charge in [-0.1, -0.05) is 6.07 Å². The van der Waals surface area contributed by atoms with Crippen molar-refractivity contribution in [3.63, 3.8) is 0 Å². The molecule has 3 heterocycles. The summed E-state index contributed by atoms with van der Waals surface area (Å²) in [5, 5.41) is 7.12. The van der Waals surface area contributed by atoms with Crippen LogP contribution in [0.5, 0.6) is 11.5 Å². The Balaban J connectivity index is 0.000000479. The quantitative estimate of drug-likeness (QED) is 0.608. The third-order valence-electron chi connectivity index (χ3n) is 6.42. The van der Waals surface area contributed by atoms with Crippen molar-refractivity contribution >= 4 is 11.9 Å². The molecule has 0 aliphatic carbocycles. The fourth-order valence-electron chi connectivity index (χ4n) is 4.62. The third kappa shape index (κ3) is 7.69. The minimum absolute atomic E-state index is 0.0872. The molecule has 10 nitrogen and oxygen atoms in total. The number of carbonyl (C=O) groups excluding carboxylic acids is 1. The number of halogens is 3. The van der Waals surface area contributed by atoms with E-state index in [2.05, 4.69) is 4.90 Å². The summed E-state index contributed by atoms with van der Waals surface area (Å²) in [6, 6.07) is 5.38. The first-order valence-corrected chi connectivity index (χ1v) is 11.9. The van der Waals surface area contributed by atoms with Gasteiger partial charge in [-0.3, -0.25) is 9.69 Å². The number of carboxylic acids is 1. The highest BCUT2D eigenvalue weighted by Gasteiger charge is 2.45. The van der Waals surface area contributed by atoms with E-state index in [1.807, 2.05) is 11.0 Å². The SMILES string of the molecule is COc1cccc(C(=O)N2CCOC[C@]3(CC[C@@H](CN4CCOCC4)O3)C2)c1OC.O=C(O)C(F)(F)F.